The van der Waals surface area contributed by atoms with Gasteiger partial charge in [-0.1, -0.05) is 52.4 Å². The lowest BCUT2D eigenvalue weighted by molar-refractivity contribution is 0.148. The van der Waals surface area contributed by atoms with E-state index in [1.54, 1.807) is 0 Å². The van der Waals surface area contributed by atoms with Crippen molar-refractivity contribution in [3.05, 3.63) is 0 Å². The van der Waals surface area contributed by atoms with Gasteiger partial charge in [-0.3, -0.25) is 0 Å². The van der Waals surface area contributed by atoms with Crippen LogP contribution in [0, 0.1) is 23.7 Å². The first-order chi connectivity index (χ1) is 7.74. The molecule has 0 amide bonds. The van der Waals surface area contributed by atoms with Crippen molar-refractivity contribution in [2.45, 2.75) is 71.3 Å². The SMILES string of the molecule is CCC1CCCCC1C(N)C1CCCC1C. The number of hydrogen-bond acceptors (Lipinski definition) is 1. The van der Waals surface area contributed by atoms with Gasteiger partial charge in [0.25, 0.3) is 0 Å². The lowest BCUT2D eigenvalue weighted by Gasteiger charge is -2.39. The molecule has 1 heteroatoms. The van der Waals surface area contributed by atoms with Gasteiger partial charge in [0.15, 0.2) is 0 Å². The molecule has 0 radical (unpaired) electrons. The Morgan fingerprint density at radius 1 is 1.00 bits per heavy atom. The maximum absolute atomic E-state index is 6.61. The number of hydrogen-bond donors (Lipinski definition) is 1. The van der Waals surface area contributed by atoms with E-state index in [2.05, 4.69) is 13.8 Å². The molecule has 0 bridgehead atoms. The van der Waals surface area contributed by atoms with Gasteiger partial charge in [-0.15, -0.1) is 0 Å². The largest absolute Gasteiger partial charge is 0.327 e. The molecule has 5 atom stereocenters. The van der Waals surface area contributed by atoms with Crippen LogP contribution in [0.1, 0.15) is 65.2 Å². The highest BCUT2D eigenvalue weighted by Gasteiger charge is 2.36. The van der Waals surface area contributed by atoms with Crippen molar-refractivity contribution in [2.24, 2.45) is 29.4 Å². The fourth-order valence-corrected chi connectivity index (χ4v) is 4.31. The van der Waals surface area contributed by atoms with Crippen LogP contribution in [0.5, 0.6) is 0 Å². The molecular weight excluding hydrogens is 194 g/mol. The van der Waals surface area contributed by atoms with E-state index in [1.165, 1.54) is 51.4 Å². The average molecular weight is 223 g/mol. The summed E-state index contributed by atoms with van der Waals surface area (Å²) in [6, 6.07) is 0.503. The van der Waals surface area contributed by atoms with E-state index in [-0.39, 0.29) is 0 Å². The zero-order valence-corrected chi connectivity index (χ0v) is 11.1. The van der Waals surface area contributed by atoms with Crippen LogP contribution in [0.15, 0.2) is 0 Å². The predicted molar refractivity (Wildman–Crippen MR) is 70.2 cm³/mol. The van der Waals surface area contributed by atoms with E-state index in [0.717, 1.165) is 23.7 Å². The second-order valence-corrected chi connectivity index (χ2v) is 6.27. The quantitative estimate of drug-likeness (QED) is 0.770. The van der Waals surface area contributed by atoms with Crippen LogP contribution < -0.4 is 5.73 Å². The third-order valence-electron chi connectivity index (χ3n) is 5.41. The molecule has 16 heavy (non-hydrogen) atoms. The third kappa shape index (κ3) is 2.45. The molecule has 0 aliphatic heterocycles. The summed E-state index contributed by atoms with van der Waals surface area (Å²) < 4.78 is 0. The van der Waals surface area contributed by atoms with Crippen LogP contribution in [-0.2, 0) is 0 Å². The topological polar surface area (TPSA) is 26.0 Å². The van der Waals surface area contributed by atoms with Gasteiger partial charge in [0.05, 0.1) is 0 Å². The molecule has 2 N–H and O–H groups in total. The molecule has 2 fully saturated rings. The van der Waals surface area contributed by atoms with Crippen molar-refractivity contribution < 1.29 is 0 Å². The summed E-state index contributed by atoms with van der Waals surface area (Å²) in [4.78, 5) is 0. The molecule has 1 nitrogen and oxygen atoms in total. The first-order valence-corrected chi connectivity index (χ1v) is 7.49. The van der Waals surface area contributed by atoms with Crippen molar-refractivity contribution in [2.75, 3.05) is 0 Å². The predicted octanol–water partition coefficient (Wildman–Crippen LogP) is 3.97. The molecule has 0 aromatic rings. The molecule has 0 aromatic carbocycles. The molecule has 0 spiro atoms. The summed E-state index contributed by atoms with van der Waals surface area (Å²) in [5.74, 6) is 3.48. The van der Waals surface area contributed by atoms with Crippen molar-refractivity contribution in [3.8, 4) is 0 Å². The highest BCUT2D eigenvalue weighted by Crippen LogP contribution is 2.41. The molecular formula is C15H29N. The summed E-state index contributed by atoms with van der Waals surface area (Å²) in [5.41, 5.74) is 6.61. The van der Waals surface area contributed by atoms with Crippen molar-refractivity contribution >= 4 is 0 Å². The van der Waals surface area contributed by atoms with Gasteiger partial charge in [0.1, 0.15) is 0 Å². The fraction of sp³-hybridized carbons (Fsp3) is 1.00. The van der Waals surface area contributed by atoms with Crippen LogP contribution in [0.4, 0.5) is 0 Å². The number of nitrogens with two attached hydrogens (primary N) is 1. The first-order valence-electron chi connectivity index (χ1n) is 7.49. The Labute approximate surface area is 101 Å². The van der Waals surface area contributed by atoms with E-state index in [1.807, 2.05) is 0 Å². The summed E-state index contributed by atoms with van der Waals surface area (Å²) in [6.45, 7) is 4.77. The van der Waals surface area contributed by atoms with E-state index < -0.39 is 0 Å². The van der Waals surface area contributed by atoms with Crippen molar-refractivity contribution in [1.29, 1.82) is 0 Å². The normalized spacial score (nSPS) is 42.2. The molecule has 0 heterocycles. The smallest absolute Gasteiger partial charge is 0.0101 e. The van der Waals surface area contributed by atoms with Gasteiger partial charge in [0.2, 0.25) is 0 Å². The standard InChI is InChI=1S/C15H29N/c1-3-12-8-4-5-9-14(12)15(16)13-10-6-7-11(13)2/h11-15H,3-10,16H2,1-2H3. The second-order valence-electron chi connectivity index (χ2n) is 6.27. The maximum Gasteiger partial charge on any atom is 0.0101 e. The van der Waals surface area contributed by atoms with Gasteiger partial charge >= 0.3 is 0 Å². The van der Waals surface area contributed by atoms with Crippen LogP contribution in [-0.4, -0.2) is 6.04 Å². The summed E-state index contributed by atoms with van der Waals surface area (Å²) >= 11 is 0. The second kappa shape index (κ2) is 5.53. The van der Waals surface area contributed by atoms with E-state index in [0.29, 0.717) is 6.04 Å². The minimum atomic E-state index is 0.503. The Bertz CT molecular complexity index is 213. The van der Waals surface area contributed by atoms with E-state index >= 15 is 0 Å². The Kier molecular flexibility index (Phi) is 4.29. The molecule has 2 aliphatic carbocycles. The van der Waals surface area contributed by atoms with Crippen molar-refractivity contribution in [1.82, 2.24) is 0 Å². The molecule has 2 rings (SSSR count). The summed E-state index contributed by atoms with van der Waals surface area (Å²) in [5, 5.41) is 0. The Morgan fingerprint density at radius 3 is 2.31 bits per heavy atom. The Morgan fingerprint density at radius 2 is 1.69 bits per heavy atom. The van der Waals surface area contributed by atoms with Crippen LogP contribution in [0.25, 0.3) is 0 Å². The molecule has 5 unspecified atom stereocenters. The first kappa shape index (κ1) is 12.4. The highest BCUT2D eigenvalue weighted by molar-refractivity contribution is 4.90. The van der Waals surface area contributed by atoms with Gasteiger partial charge in [-0.25, -0.2) is 0 Å². The van der Waals surface area contributed by atoms with Crippen LogP contribution in [0.3, 0.4) is 0 Å². The van der Waals surface area contributed by atoms with Gasteiger partial charge in [0, 0.05) is 6.04 Å². The molecule has 2 saturated carbocycles. The van der Waals surface area contributed by atoms with Gasteiger partial charge < -0.3 is 5.73 Å². The summed E-state index contributed by atoms with van der Waals surface area (Å²) in [6.07, 6.45) is 11.3. The minimum absolute atomic E-state index is 0.503. The Hall–Kier alpha value is -0.0400. The van der Waals surface area contributed by atoms with Crippen LogP contribution >= 0.6 is 0 Å². The maximum atomic E-state index is 6.61. The van der Waals surface area contributed by atoms with E-state index in [9.17, 15) is 0 Å². The lowest BCUT2D eigenvalue weighted by atomic mass is 9.69. The average Bonchev–Trinajstić information content (AvgIpc) is 2.74. The Balaban J connectivity index is 1.98. The zero-order chi connectivity index (χ0) is 11.5. The monoisotopic (exact) mass is 223 g/mol. The fourth-order valence-electron chi connectivity index (χ4n) is 4.31. The lowest BCUT2D eigenvalue weighted by Crippen LogP contribution is -2.43. The van der Waals surface area contributed by atoms with E-state index in [4.69, 9.17) is 5.73 Å². The van der Waals surface area contributed by atoms with Gasteiger partial charge in [-0.2, -0.15) is 0 Å². The molecule has 0 saturated heterocycles. The van der Waals surface area contributed by atoms with Gasteiger partial charge in [-0.05, 0) is 36.5 Å². The molecule has 2 aliphatic rings. The summed E-state index contributed by atoms with van der Waals surface area (Å²) in [7, 11) is 0. The molecule has 94 valence electrons. The van der Waals surface area contributed by atoms with Crippen molar-refractivity contribution in [3.63, 3.8) is 0 Å². The highest BCUT2D eigenvalue weighted by atomic mass is 14.7. The zero-order valence-electron chi connectivity index (χ0n) is 11.1. The number of rotatable bonds is 3. The third-order valence-corrected chi connectivity index (χ3v) is 5.41. The minimum Gasteiger partial charge on any atom is -0.327 e. The van der Waals surface area contributed by atoms with Crippen LogP contribution in [0.2, 0.25) is 0 Å². The molecule has 0 aromatic heterocycles.